The van der Waals surface area contributed by atoms with Crippen LogP contribution in [0.15, 0.2) is 12.1 Å². The summed E-state index contributed by atoms with van der Waals surface area (Å²) in [5.74, 6) is 0.215. The molecule has 16 heavy (non-hydrogen) atoms. The zero-order chi connectivity index (χ0) is 11.9. The first-order chi connectivity index (χ1) is 7.54. The molecule has 0 atom stereocenters. The van der Waals surface area contributed by atoms with Crippen molar-refractivity contribution < 1.29 is 4.79 Å². The smallest absolute Gasteiger partial charge is 0.165 e. The van der Waals surface area contributed by atoms with Gasteiger partial charge in [0.1, 0.15) is 0 Å². The topological polar surface area (TPSA) is 32.9 Å². The molecule has 2 rings (SSSR count). The van der Waals surface area contributed by atoms with Gasteiger partial charge in [0.15, 0.2) is 5.78 Å². The lowest BCUT2D eigenvalue weighted by atomic mass is 10.0. The van der Waals surface area contributed by atoms with Crippen LogP contribution in [0, 0.1) is 20.8 Å². The highest BCUT2D eigenvalue weighted by molar-refractivity contribution is 6.09. The minimum Gasteiger partial charge on any atom is -0.358 e. The van der Waals surface area contributed by atoms with Gasteiger partial charge in [-0.05, 0) is 44.0 Å². The highest BCUT2D eigenvalue weighted by Gasteiger charge is 2.14. The summed E-state index contributed by atoms with van der Waals surface area (Å²) in [6.45, 7) is 8.04. The number of carbonyl (C=O) groups excluding carboxylic acids is 1. The summed E-state index contributed by atoms with van der Waals surface area (Å²) in [7, 11) is 0. The van der Waals surface area contributed by atoms with Crippen molar-refractivity contribution in [2.75, 3.05) is 0 Å². The highest BCUT2D eigenvalue weighted by atomic mass is 16.1. The monoisotopic (exact) mass is 215 g/mol. The van der Waals surface area contributed by atoms with Crippen LogP contribution in [0.25, 0.3) is 10.9 Å². The van der Waals surface area contributed by atoms with E-state index in [1.165, 1.54) is 11.1 Å². The first kappa shape index (κ1) is 10.9. The Kier molecular flexibility index (Phi) is 2.58. The van der Waals surface area contributed by atoms with E-state index in [0.717, 1.165) is 22.2 Å². The van der Waals surface area contributed by atoms with Crippen LogP contribution in [0.1, 0.15) is 40.5 Å². The lowest BCUT2D eigenvalue weighted by molar-refractivity contribution is 0.0989. The fraction of sp³-hybridized carbons (Fsp3) is 0.357. The number of rotatable bonds is 2. The number of aromatic amines is 1. The van der Waals surface area contributed by atoms with E-state index in [-0.39, 0.29) is 5.78 Å². The Morgan fingerprint density at radius 3 is 2.44 bits per heavy atom. The molecule has 2 heteroatoms. The molecule has 2 nitrogen and oxygen atoms in total. The number of hydrogen-bond donors (Lipinski definition) is 1. The van der Waals surface area contributed by atoms with Crippen LogP contribution >= 0.6 is 0 Å². The number of fused-ring (bicyclic) bond motifs is 1. The zero-order valence-electron chi connectivity index (χ0n) is 10.3. The second-order valence-corrected chi connectivity index (χ2v) is 4.38. The molecular formula is C14H17NO. The molecule has 0 aliphatic rings. The van der Waals surface area contributed by atoms with Gasteiger partial charge in [-0.25, -0.2) is 0 Å². The van der Waals surface area contributed by atoms with Crippen LogP contribution in [-0.4, -0.2) is 10.8 Å². The van der Waals surface area contributed by atoms with Crippen molar-refractivity contribution in [3.05, 3.63) is 34.5 Å². The second kappa shape index (κ2) is 3.78. The molecule has 0 spiro atoms. The predicted molar refractivity (Wildman–Crippen MR) is 67.1 cm³/mol. The second-order valence-electron chi connectivity index (χ2n) is 4.38. The van der Waals surface area contributed by atoms with Gasteiger partial charge < -0.3 is 4.98 Å². The Bertz CT molecular complexity index is 564. The molecule has 0 aliphatic carbocycles. The Morgan fingerprint density at radius 1 is 1.19 bits per heavy atom. The third-order valence-electron chi connectivity index (χ3n) is 3.20. The molecule has 0 bridgehead atoms. The highest BCUT2D eigenvalue weighted by Crippen LogP contribution is 2.26. The van der Waals surface area contributed by atoms with E-state index in [2.05, 4.69) is 31.0 Å². The molecule has 0 unspecified atom stereocenters. The molecule has 84 valence electrons. The first-order valence-electron chi connectivity index (χ1n) is 5.67. The normalized spacial score (nSPS) is 11.0. The maximum Gasteiger partial charge on any atom is 0.165 e. The lowest BCUT2D eigenvalue weighted by Crippen LogP contribution is -1.97. The lowest BCUT2D eigenvalue weighted by Gasteiger charge is -2.01. The summed E-state index contributed by atoms with van der Waals surface area (Å²) in [4.78, 5) is 15.2. The van der Waals surface area contributed by atoms with Crippen LogP contribution in [-0.2, 0) is 0 Å². The average molecular weight is 215 g/mol. The molecule has 1 N–H and O–H groups in total. The fourth-order valence-corrected chi connectivity index (χ4v) is 2.13. The van der Waals surface area contributed by atoms with Crippen molar-refractivity contribution in [2.24, 2.45) is 0 Å². The molecule has 0 amide bonds. The van der Waals surface area contributed by atoms with Crippen LogP contribution in [0.3, 0.4) is 0 Å². The Labute approximate surface area is 95.7 Å². The number of nitrogens with one attached hydrogen (secondary N) is 1. The fourth-order valence-electron chi connectivity index (χ4n) is 2.13. The maximum absolute atomic E-state index is 11.9. The van der Waals surface area contributed by atoms with Crippen LogP contribution in [0.2, 0.25) is 0 Å². The van der Waals surface area contributed by atoms with E-state index in [1.54, 1.807) is 0 Å². The van der Waals surface area contributed by atoms with Gasteiger partial charge in [-0.15, -0.1) is 0 Å². The van der Waals surface area contributed by atoms with Crippen molar-refractivity contribution >= 4 is 16.7 Å². The number of Topliss-reactive ketones (excluding diaryl/α,β-unsaturated/α-hetero) is 1. The molecule has 0 saturated heterocycles. The SMILES string of the molecule is CCC(=O)c1c(C)[nH]c2cc(C)c(C)cc12. The van der Waals surface area contributed by atoms with E-state index in [1.807, 2.05) is 13.8 Å². The maximum atomic E-state index is 11.9. The molecule has 1 heterocycles. The predicted octanol–water partition coefficient (Wildman–Crippen LogP) is 3.69. The number of carbonyl (C=O) groups is 1. The molecule has 0 fully saturated rings. The molecule has 1 aromatic carbocycles. The third kappa shape index (κ3) is 1.54. The first-order valence-corrected chi connectivity index (χ1v) is 5.67. The summed E-state index contributed by atoms with van der Waals surface area (Å²) < 4.78 is 0. The number of hydrogen-bond acceptors (Lipinski definition) is 1. The quantitative estimate of drug-likeness (QED) is 0.761. The van der Waals surface area contributed by atoms with E-state index < -0.39 is 0 Å². The number of H-pyrrole nitrogens is 1. The van der Waals surface area contributed by atoms with E-state index in [9.17, 15) is 4.79 Å². The number of benzene rings is 1. The molecule has 2 aromatic rings. The van der Waals surface area contributed by atoms with Gasteiger partial charge in [-0.3, -0.25) is 4.79 Å². The molecule has 0 saturated carbocycles. The van der Waals surface area contributed by atoms with Crippen LogP contribution < -0.4 is 0 Å². The van der Waals surface area contributed by atoms with Gasteiger partial charge in [0.2, 0.25) is 0 Å². The van der Waals surface area contributed by atoms with Crippen molar-refractivity contribution in [3.8, 4) is 0 Å². The molecule has 0 radical (unpaired) electrons. The van der Waals surface area contributed by atoms with E-state index in [4.69, 9.17) is 0 Å². The summed E-state index contributed by atoms with van der Waals surface area (Å²) in [5.41, 5.74) is 5.39. The van der Waals surface area contributed by atoms with Gasteiger partial charge >= 0.3 is 0 Å². The summed E-state index contributed by atoms with van der Waals surface area (Å²) in [6.07, 6.45) is 0.556. The average Bonchev–Trinajstić information content (AvgIpc) is 2.54. The van der Waals surface area contributed by atoms with Gasteiger partial charge in [-0.2, -0.15) is 0 Å². The zero-order valence-corrected chi connectivity index (χ0v) is 10.3. The largest absolute Gasteiger partial charge is 0.358 e. The number of ketones is 1. The third-order valence-corrected chi connectivity index (χ3v) is 3.20. The summed E-state index contributed by atoms with van der Waals surface area (Å²) in [6, 6.07) is 4.22. The standard InChI is InChI=1S/C14H17NO/c1-5-13(16)14-10(4)15-12-7-9(3)8(2)6-11(12)14/h6-7,15H,5H2,1-4H3. The van der Waals surface area contributed by atoms with Crippen LogP contribution in [0.4, 0.5) is 0 Å². The molecule has 0 aliphatic heterocycles. The Morgan fingerprint density at radius 2 is 1.81 bits per heavy atom. The summed E-state index contributed by atoms with van der Waals surface area (Å²) >= 11 is 0. The molecular weight excluding hydrogens is 198 g/mol. The number of aryl methyl sites for hydroxylation is 3. The number of aromatic nitrogens is 1. The minimum atomic E-state index is 0.215. The Hall–Kier alpha value is -1.57. The van der Waals surface area contributed by atoms with Crippen molar-refractivity contribution in [1.29, 1.82) is 0 Å². The van der Waals surface area contributed by atoms with Gasteiger partial charge in [0.05, 0.1) is 0 Å². The van der Waals surface area contributed by atoms with E-state index >= 15 is 0 Å². The summed E-state index contributed by atoms with van der Waals surface area (Å²) in [5, 5.41) is 1.06. The van der Waals surface area contributed by atoms with Crippen molar-refractivity contribution in [3.63, 3.8) is 0 Å². The molecule has 1 aromatic heterocycles. The minimum absolute atomic E-state index is 0.215. The van der Waals surface area contributed by atoms with E-state index in [0.29, 0.717) is 6.42 Å². The van der Waals surface area contributed by atoms with Crippen LogP contribution in [0.5, 0.6) is 0 Å². The van der Waals surface area contributed by atoms with Crippen molar-refractivity contribution in [2.45, 2.75) is 34.1 Å². The van der Waals surface area contributed by atoms with Gasteiger partial charge in [0.25, 0.3) is 0 Å². The van der Waals surface area contributed by atoms with Crippen molar-refractivity contribution in [1.82, 2.24) is 4.98 Å². The van der Waals surface area contributed by atoms with Gasteiger partial charge in [-0.1, -0.05) is 6.92 Å². The van der Waals surface area contributed by atoms with Gasteiger partial charge in [0, 0.05) is 28.6 Å². The Balaban J connectivity index is 2.79.